The van der Waals surface area contributed by atoms with Crippen LogP contribution in [0.1, 0.15) is 31.6 Å². The maximum absolute atomic E-state index is 12.1. The van der Waals surface area contributed by atoms with E-state index in [2.05, 4.69) is 22.2 Å². The first kappa shape index (κ1) is 23.3. The fraction of sp³-hybridized carbons (Fsp3) is 0.417. The summed E-state index contributed by atoms with van der Waals surface area (Å²) in [6.07, 6.45) is 4.56. The highest BCUT2D eigenvalue weighted by Gasteiger charge is 2.32. The smallest absolute Gasteiger partial charge is 0.233 e. The Hall–Kier alpha value is -2.91. The molecule has 1 aromatic carbocycles. The lowest BCUT2D eigenvalue weighted by Gasteiger charge is -2.21. The Kier molecular flexibility index (Phi) is 6.20. The van der Waals surface area contributed by atoms with Gasteiger partial charge in [-0.25, -0.2) is 18.4 Å². The van der Waals surface area contributed by atoms with E-state index in [0.717, 1.165) is 22.7 Å². The predicted octanol–water partition coefficient (Wildman–Crippen LogP) is 3.62. The number of nitrogens with one attached hydrogen (secondary N) is 1. The molecular weight excluding hydrogens is 438 g/mol. The quantitative estimate of drug-likeness (QED) is 0.492. The molecule has 4 rings (SSSR count). The third-order valence-corrected chi connectivity index (χ3v) is 7.37. The van der Waals surface area contributed by atoms with Crippen molar-refractivity contribution in [3.63, 3.8) is 0 Å². The molecule has 0 unspecified atom stereocenters. The van der Waals surface area contributed by atoms with E-state index < -0.39 is 15.6 Å². The lowest BCUT2D eigenvalue weighted by atomic mass is 9.92. The van der Waals surface area contributed by atoms with E-state index in [0.29, 0.717) is 47.1 Å². The molecule has 1 aliphatic carbocycles. The molecule has 2 heterocycles. The van der Waals surface area contributed by atoms with Gasteiger partial charge in [-0.2, -0.15) is 0 Å². The van der Waals surface area contributed by atoms with Crippen molar-refractivity contribution in [2.24, 2.45) is 17.6 Å². The monoisotopic (exact) mass is 469 g/mol. The summed E-state index contributed by atoms with van der Waals surface area (Å²) in [6.45, 7) is 4.91. The fourth-order valence-electron chi connectivity index (χ4n) is 3.76. The summed E-state index contributed by atoms with van der Waals surface area (Å²) in [7, 11) is -2.00. The molecule has 0 saturated heterocycles. The second kappa shape index (κ2) is 8.79. The number of hydrogen-bond acceptors (Lipinski definition) is 7. The summed E-state index contributed by atoms with van der Waals surface area (Å²) < 4.78 is 31.5. The van der Waals surface area contributed by atoms with Gasteiger partial charge >= 0.3 is 0 Å². The minimum Gasteiger partial charge on any atom is -0.439 e. The highest BCUT2D eigenvalue weighted by molar-refractivity contribution is 7.92. The van der Waals surface area contributed by atoms with Crippen LogP contribution in [0.15, 0.2) is 53.1 Å². The van der Waals surface area contributed by atoms with E-state index in [4.69, 9.17) is 10.2 Å². The third-order valence-electron chi connectivity index (χ3n) is 6.18. The van der Waals surface area contributed by atoms with Crippen molar-refractivity contribution in [2.75, 3.05) is 29.5 Å². The molecule has 3 N–H and O–H groups in total. The summed E-state index contributed by atoms with van der Waals surface area (Å²) in [5, 5.41) is 3.34. The molecule has 9 heteroatoms. The molecule has 0 bridgehead atoms. The summed E-state index contributed by atoms with van der Waals surface area (Å²) in [6, 6.07) is 13.5. The number of hydrogen-bond donors (Lipinski definition) is 2. The Morgan fingerprint density at radius 1 is 1.27 bits per heavy atom. The Morgan fingerprint density at radius 2 is 1.97 bits per heavy atom. The van der Waals surface area contributed by atoms with Gasteiger partial charge in [-0.3, -0.25) is 4.31 Å². The van der Waals surface area contributed by atoms with E-state index in [9.17, 15) is 8.42 Å². The normalized spacial score (nSPS) is 19.7. The van der Waals surface area contributed by atoms with Crippen LogP contribution in [0.2, 0.25) is 0 Å². The zero-order chi connectivity index (χ0) is 23.8. The van der Waals surface area contributed by atoms with E-state index in [1.165, 1.54) is 13.5 Å². The van der Waals surface area contributed by atoms with Crippen LogP contribution in [0.4, 0.5) is 11.6 Å². The van der Waals surface area contributed by atoms with Crippen LogP contribution in [0.5, 0.6) is 0 Å². The first-order valence-corrected chi connectivity index (χ1v) is 12.9. The molecule has 176 valence electrons. The van der Waals surface area contributed by atoms with E-state index in [1.54, 1.807) is 12.3 Å². The molecule has 0 spiro atoms. The average Bonchev–Trinajstić information content (AvgIpc) is 3.23. The zero-order valence-electron chi connectivity index (χ0n) is 19.4. The van der Waals surface area contributed by atoms with Gasteiger partial charge in [0.2, 0.25) is 15.9 Å². The van der Waals surface area contributed by atoms with E-state index >= 15 is 0 Å². The number of nitrogens with zero attached hydrogens (tertiary/aromatic N) is 3. The third kappa shape index (κ3) is 5.54. The summed E-state index contributed by atoms with van der Waals surface area (Å²) in [5.41, 5.74) is 7.55. The molecule has 3 atom stereocenters. The molecule has 3 aromatic rings. The van der Waals surface area contributed by atoms with Gasteiger partial charge in [0.25, 0.3) is 0 Å². The number of pyridine rings is 1. The van der Waals surface area contributed by atoms with Crippen molar-refractivity contribution in [3.05, 3.63) is 60.0 Å². The van der Waals surface area contributed by atoms with Gasteiger partial charge < -0.3 is 15.5 Å². The van der Waals surface area contributed by atoms with Crippen LogP contribution >= 0.6 is 0 Å². The molecular formula is C24H31N5O3S. The Labute approximate surface area is 195 Å². The number of oxazole rings is 1. The second-order valence-electron chi connectivity index (χ2n) is 9.29. The van der Waals surface area contributed by atoms with Crippen LogP contribution in [0, 0.1) is 11.8 Å². The lowest BCUT2D eigenvalue weighted by molar-refractivity contribution is 0.371. The van der Waals surface area contributed by atoms with Crippen molar-refractivity contribution in [3.8, 4) is 11.5 Å². The Morgan fingerprint density at radius 3 is 2.61 bits per heavy atom. The minimum absolute atomic E-state index is 0.292. The zero-order valence-corrected chi connectivity index (χ0v) is 20.3. The number of aromatic nitrogens is 2. The first-order valence-electron chi connectivity index (χ1n) is 11.0. The molecule has 1 fully saturated rings. The minimum atomic E-state index is -3.48. The van der Waals surface area contributed by atoms with Crippen LogP contribution < -0.4 is 15.4 Å². The number of rotatable bonds is 9. The van der Waals surface area contributed by atoms with Gasteiger partial charge in [0.15, 0.2) is 0 Å². The molecule has 8 nitrogen and oxygen atoms in total. The van der Waals surface area contributed by atoms with Gasteiger partial charge in [0, 0.05) is 19.2 Å². The molecule has 0 amide bonds. The maximum atomic E-state index is 12.1. The number of anilines is 2. The van der Waals surface area contributed by atoms with Crippen molar-refractivity contribution in [1.29, 1.82) is 0 Å². The van der Waals surface area contributed by atoms with Gasteiger partial charge in [-0.15, -0.1) is 0 Å². The largest absolute Gasteiger partial charge is 0.439 e. The van der Waals surface area contributed by atoms with Crippen LogP contribution in [0.3, 0.4) is 0 Å². The van der Waals surface area contributed by atoms with Gasteiger partial charge in [-0.05, 0) is 49.3 Å². The van der Waals surface area contributed by atoms with Gasteiger partial charge in [0.1, 0.15) is 17.4 Å². The molecule has 1 aliphatic rings. The average molecular weight is 470 g/mol. The number of benzene rings is 1. The van der Waals surface area contributed by atoms with E-state index in [-0.39, 0.29) is 0 Å². The molecule has 0 aliphatic heterocycles. The maximum Gasteiger partial charge on any atom is 0.233 e. The number of nitrogens with two attached hydrogens (primary N) is 1. The highest BCUT2D eigenvalue weighted by atomic mass is 32.2. The Bertz CT molecular complexity index is 1220. The van der Waals surface area contributed by atoms with Crippen LogP contribution in [0.25, 0.3) is 11.5 Å². The van der Waals surface area contributed by atoms with Crippen molar-refractivity contribution in [2.45, 2.75) is 32.2 Å². The lowest BCUT2D eigenvalue weighted by Crippen LogP contribution is -2.35. The van der Waals surface area contributed by atoms with Crippen molar-refractivity contribution in [1.82, 2.24) is 9.97 Å². The standard InChI is InChI=1S/C24H31N5O3S/c1-16-10-19(16)14-26-21-11-18(12-22(28-21)29(3)33(4,30)31)23-27-15-20(32-23)24(2,25)13-17-8-6-5-7-9-17/h5-9,11-12,15-16,19H,10,13-14,25H2,1-4H3,(H,26,28)/t16-,19+,24+/m0/s1. The molecule has 2 aromatic heterocycles. The van der Waals surface area contributed by atoms with Crippen molar-refractivity contribution < 1.29 is 12.8 Å². The van der Waals surface area contributed by atoms with Crippen LogP contribution in [-0.4, -0.2) is 38.2 Å². The highest BCUT2D eigenvalue weighted by Crippen LogP contribution is 2.38. The van der Waals surface area contributed by atoms with Crippen molar-refractivity contribution >= 4 is 21.7 Å². The summed E-state index contributed by atoms with van der Waals surface area (Å²) in [5.74, 6) is 3.09. The second-order valence-corrected chi connectivity index (χ2v) is 11.3. The van der Waals surface area contributed by atoms with Crippen LogP contribution in [-0.2, 0) is 22.0 Å². The molecule has 33 heavy (non-hydrogen) atoms. The van der Waals surface area contributed by atoms with Gasteiger partial charge in [0.05, 0.1) is 18.0 Å². The first-order chi connectivity index (χ1) is 15.5. The molecule has 0 radical (unpaired) electrons. The number of sulfonamides is 1. The fourth-order valence-corrected chi connectivity index (χ4v) is 4.19. The summed E-state index contributed by atoms with van der Waals surface area (Å²) >= 11 is 0. The predicted molar refractivity (Wildman–Crippen MR) is 130 cm³/mol. The molecule has 1 saturated carbocycles. The topological polar surface area (TPSA) is 114 Å². The summed E-state index contributed by atoms with van der Waals surface area (Å²) in [4.78, 5) is 8.95. The van der Waals surface area contributed by atoms with Gasteiger partial charge in [-0.1, -0.05) is 37.3 Å². The Balaban J connectivity index is 1.63. The SMILES string of the molecule is C[C@H]1C[C@@H]1CNc1cc(-c2ncc([C@](C)(N)Cc3ccccc3)o2)cc(N(C)S(C)(=O)=O)n1. The van der Waals surface area contributed by atoms with E-state index in [1.807, 2.05) is 43.3 Å².